The third-order valence-electron chi connectivity index (χ3n) is 4.77. The molecule has 1 unspecified atom stereocenters. The fourth-order valence-corrected chi connectivity index (χ4v) is 6.68. The molecule has 22 heavy (non-hydrogen) atoms. The van der Waals surface area contributed by atoms with Gasteiger partial charge in [0.05, 0.1) is 4.34 Å². The number of likely N-dealkylation sites (tertiary alicyclic amines) is 1. The first kappa shape index (κ1) is 16.7. The minimum absolute atomic E-state index is 0.363. The van der Waals surface area contributed by atoms with Crippen molar-refractivity contribution in [1.29, 1.82) is 0 Å². The first-order valence-corrected chi connectivity index (χ1v) is 10.6. The van der Waals surface area contributed by atoms with Crippen LogP contribution in [0.5, 0.6) is 0 Å². The summed E-state index contributed by atoms with van der Waals surface area (Å²) in [4.78, 5) is 2.57. The van der Waals surface area contributed by atoms with E-state index >= 15 is 0 Å². The summed E-state index contributed by atoms with van der Waals surface area (Å²) < 4.78 is 27.7. The Balaban J connectivity index is 1.62. The molecule has 2 aliphatic rings. The quantitative estimate of drug-likeness (QED) is 0.828. The molecule has 2 fully saturated rings. The number of thiophene rings is 1. The lowest BCUT2D eigenvalue weighted by Gasteiger charge is -2.41. The Morgan fingerprint density at radius 3 is 2.50 bits per heavy atom. The Kier molecular flexibility index (Phi) is 5.14. The van der Waals surface area contributed by atoms with Crippen LogP contribution in [0.3, 0.4) is 0 Å². The van der Waals surface area contributed by atoms with Gasteiger partial charge in [-0.2, -0.15) is 4.31 Å². The molecule has 3 heterocycles. The van der Waals surface area contributed by atoms with Crippen LogP contribution in [-0.2, 0) is 10.0 Å². The van der Waals surface area contributed by atoms with Crippen molar-refractivity contribution in [2.24, 2.45) is 5.92 Å². The zero-order valence-electron chi connectivity index (χ0n) is 12.9. The van der Waals surface area contributed by atoms with Crippen LogP contribution in [0.2, 0.25) is 4.34 Å². The van der Waals surface area contributed by atoms with Gasteiger partial charge in [-0.15, -0.1) is 11.3 Å². The van der Waals surface area contributed by atoms with E-state index in [0.29, 0.717) is 27.7 Å². The number of piperidine rings is 2. The summed E-state index contributed by atoms with van der Waals surface area (Å²) in [6.45, 7) is 5.88. The molecule has 0 N–H and O–H groups in total. The molecule has 0 amide bonds. The van der Waals surface area contributed by atoms with E-state index in [4.69, 9.17) is 11.6 Å². The molecule has 0 aromatic carbocycles. The smallest absolute Gasteiger partial charge is 0.252 e. The first-order valence-electron chi connectivity index (χ1n) is 7.96. The van der Waals surface area contributed by atoms with E-state index in [1.54, 1.807) is 16.4 Å². The maximum absolute atomic E-state index is 12.6. The van der Waals surface area contributed by atoms with Gasteiger partial charge in [0.25, 0.3) is 10.0 Å². The van der Waals surface area contributed by atoms with Gasteiger partial charge in [0, 0.05) is 25.7 Å². The Hall–Kier alpha value is -0.140. The summed E-state index contributed by atoms with van der Waals surface area (Å²) in [6.07, 6.45) is 4.46. The molecule has 1 atom stereocenters. The van der Waals surface area contributed by atoms with Crippen molar-refractivity contribution in [3.8, 4) is 0 Å². The monoisotopic (exact) mass is 362 g/mol. The van der Waals surface area contributed by atoms with Gasteiger partial charge < -0.3 is 4.90 Å². The van der Waals surface area contributed by atoms with Crippen LogP contribution in [0.4, 0.5) is 0 Å². The molecule has 7 heteroatoms. The average molecular weight is 363 g/mol. The third-order valence-corrected chi connectivity index (χ3v) is 8.37. The molecular weight excluding hydrogens is 340 g/mol. The molecule has 4 nitrogen and oxygen atoms in total. The summed E-state index contributed by atoms with van der Waals surface area (Å²) in [5.74, 6) is 0.767. The minimum Gasteiger partial charge on any atom is -0.300 e. The van der Waals surface area contributed by atoms with Gasteiger partial charge in [-0.25, -0.2) is 8.42 Å². The van der Waals surface area contributed by atoms with Gasteiger partial charge in [-0.3, -0.25) is 0 Å². The van der Waals surface area contributed by atoms with Gasteiger partial charge in [-0.05, 0) is 50.3 Å². The molecule has 0 aliphatic carbocycles. The maximum atomic E-state index is 12.6. The fraction of sp³-hybridized carbons (Fsp3) is 0.733. The lowest BCUT2D eigenvalue weighted by molar-refractivity contribution is 0.0944. The third kappa shape index (κ3) is 3.51. The highest BCUT2D eigenvalue weighted by atomic mass is 35.5. The van der Waals surface area contributed by atoms with Crippen LogP contribution in [0.25, 0.3) is 0 Å². The predicted molar refractivity (Wildman–Crippen MR) is 91.1 cm³/mol. The van der Waals surface area contributed by atoms with Crippen molar-refractivity contribution in [2.75, 3.05) is 26.2 Å². The molecular formula is C15H23ClN2O2S2. The van der Waals surface area contributed by atoms with Crippen LogP contribution in [-0.4, -0.2) is 49.8 Å². The molecule has 0 bridgehead atoms. The van der Waals surface area contributed by atoms with Crippen LogP contribution in [0.15, 0.2) is 16.3 Å². The van der Waals surface area contributed by atoms with Crippen LogP contribution in [0, 0.1) is 5.92 Å². The fourth-order valence-electron chi connectivity index (χ4n) is 3.57. The summed E-state index contributed by atoms with van der Waals surface area (Å²) in [5, 5.41) is 0. The second kappa shape index (κ2) is 6.77. The van der Waals surface area contributed by atoms with Crippen molar-refractivity contribution in [3.63, 3.8) is 0 Å². The maximum Gasteiger partial charge on any atom is 0.252 e. The van der Waals surface area contributed by atoms with E-state index in [2.05, 4.69) is 11.8 Å². The van der Waals surface area contributed by atoms with E-state index in [0.717, 1.165) is 36.6 Å². The summed E-state index contributed by atoms with van der Waals surface area (Å²) >= 11 is 7.02. The molecule has 0 radical (unpaired) electrons. The molecule has 2 aliphatic heterocycles. The Morgan fingerprint density at radius 1 is 1.18 bits per heavy atom. The molecule has 1 aromatic heterocycles. The second-order valence-corrected chi connectivity index (χ2v) is 10.3. The normalized spacial score (nSPS) is 26.4. The Bertz CT molecular complexity index is 609. The highest BCUT2D eigenvalue weighted by Gasteiger charge is 2.33. The summed E-state index contributed by atoms with van der Waals surface area (Å²) in [5.41, 5.74) is 0. The number of rotatable bonds is 3. The number of nitrogens with zero attached hydrogens (tertiary/aromatic N) is 2. The highest BCUT2D eigenvalue weighted by Crippen LogP contribution is 2.31. The summed E-state index contributed by atoms with van der Waals surface area (Å²) in [6, 6.07) is 3.81. The molecule has 1 aromatic rings. The summed E-state index contributed by atoms with van der Waals surface area (Å²) in [7, 11) is -3.36. The Labute approximate surface area is 142 Å². The second-order valence-electron chi connectivity index (χ2n) is 6.44. The number of hydrogen-bond acceptors (Lipinski definition) is 4. The number of hydrogen-bond donors (Lipinski definition) is 0. The van der Waals surface area contributed by atoms with E-state index in [9.17, 15) is 8.42 Å². The van der Waals surface area contributed by atoms with Crippen molar-refractivity contribution in [1.82, 2.24) is 9.21 Å². The van der Waals surface area contributed by atoms with Gasteiger partial charge in [0.1, 0.15) is 4.21 Å². The predicted octanol–water partition coefficient (Wildman–Crippen LogP) is 3.29. The van der Waals surface area contributed by atoms with Gasteiger partial charge in [0.15, 0.2) is 0 Å². The standard InChI is InChI=1S/C15H23ClN2O2S2/c1-12-3-2-8-17(11-12)13-6-9-18(10-7-13)22(19,20)15-5-4-14(16)21-15/h4-5,12-13H,2-3,6-11H2,1H3. The van der Waals surface area contributed by atoms with Gasteiger partial charge >= 0.3 is 0 Å². The molecule has 3 rings (SSSR count). The van der Waals surface area contributed by atoms with E-state index in [1.807, 2.05) is 0 Å². The van der Waals surface area contributed by atoms with Crippen molar-refractivity contribution in [3.05, 3.63) is 16.5 Å². The zero-order chi connectivity index (χ0) is 15.7. The largest absolute Gasteiger partial charge is 0.300 e. The van der Waals surface area contributed by atoms with E-state index in [1.165, 1.54) is 19.4 Å². The number of sulfonamides is 1. The molecule has 0 saturated carbocycles. The minimum atomic E-state index is -3.36. The van der Waals surface area contributed by atoms with Crippen LogP contribution < -0.4 is 0 Å². The van der Waals surface area contributed by atoms with Gasteiger partial charge in [0.2, 0.25) is 0 Å². The topological polar surface area (TPSA) is 40.6 Å². The highest BCUT2D eigenvalue weighted by molar-refractivity contribution is 7.91. The zero-order valence-corrected chi connectivity index (χ0v) is 15.3. The lowest BCUT2D eigenvalue weighted by Crippen LogP contribution is -2.49. The Morgan fingerprint density at radius 2 is 1.91 bits per heavy atom. The SMILES string of the molecule is CC1CCCN(C2CCN(S(=O)(=O)c3ccc(Cl)s3)CC2)C1. The van der Waals surface area contributed by atoms with Gasteiger partial charge in [-0.1, -0.05) is 18.5 Å². The first-order chi connectivity index (χ1) is 10.5. The van der Waals surface area contributed by atoms with Crippen LogP contribution in [0.1, 0.15) is 32.6 Å². The number of halogens is 1. The van der Waals surface area contributed by atoms with Crippen molar-refractivity contribution < 1.29 is 8.42 Å². The lowest BCUT2D eigenvalue weighted by atomic mass is 9.96. The van der Waals surface area contributed by atoms with Crippen LogP contribution >= 0.6 is 22.9 Å². The van der Waals surface area contributed by atoms with Crippen molar-refractivity contribution in [2.45, 2.75) is 42.9 Å². The molecule has 2 saturated heterocycles. The molecule has 0 spiro atoms. The van der Waals surface area contributed by atoms with Crippen molar-refractivity contribution >= 4 is 33.0 Å². The van der Waals surface area contributed by atoms with E-state index in [-0.39, 0.29) is 0 Å². The van der Waals surface area contributed by atoms with E-state index < -0.39 is 10.0 Å². The average Bonchev–Trinajstić information content (AvgIpc) is 2.95. The molecule has 124 valence electrons.